The summed E-state index contributed by atoms with van der Waals surface area (Å²) in [7, 11) is 1.27. The first kappa shape index (κ1) is 25.8. The monoisotopic (exact) mass is 458 g/mol. The van der Waals surface area contributed by atoms with Crippen LogP contribution in [0.2, 0.25) is 0 Å². The third-order valence-electron chi connectivity index (χ3n) is 6.32. The van der Waals surface area contributed by atoms with E-state index >= 15 is 0 Å². The molecule has 1 aromatic rings. The maximum atomic E-state index is 12.9. The number of alkyl halides is 3. The van der Waals surface area contributed by atoms with Gasteiger partial charge in [-0.15, -0.1) is 13.2 Å². The van der Waals surface area contributed by atoms with E-state index in [2.05, 4.69) is 14.8 Å². The van der Waals surface area contributed by atoms with Crippen molar-refractivity contribution in [1.29, 1.82) is 0 Å². The van der Waals surface area contributed by atoms with Gasteiger partial charge in [0.2, 0.25) is 5.91 Å². The fraction of sp³-hybridized carbons (Fsp3) is 0.652. The summed E-state index contributed by atoms with van der Waals surface area (Å²) in [5, 5.41) is 2.57. The molecule has 0 spiro atoms. The predicted molar refractivity (Wildman–Crippen MR) is 114 cm³/mol. The van der Waals surface area contributed by atoms with E-state index in [1.54, 1.807) is 13.0 Å². The highest BCUT2D eigenvalue weighted by Gasteiger charge is 2.58. The van der Waals surface area contributed by atoms with E-state index in [4.69, 9.17) is 0 Å². The fourth-order valence-corrected chi connectivity index (χ4v) is 4.40. The highest BCUT2D eigenvalue weighted by molar-refractivity contribution is 5.80. The second-order valence-corrected chi connectivity index (χ2v) is 8.10. The van der Waals surface area contributed by atoms with Gasteiger partial charge in [-0.2, -0.15) is 0 Å². The SMILES string of the molecule is CC.CCC(CNC(=O)OC)C(=O)N1CCC2(c3ccc(C)c(OC(F)(F)F)c3)CC2C1. The number of alkyl carbamates (subject to hydrolysis) is 1. The molecule has 1 aliphatic heterocycles. The molecule has 3 rings (SSSR count). The number of nitrogens with one attached hydrogen (secondary N) is 1. The molecule has 3 atom stereocenters. The normalized spacial score (nSPS) is 22.6. The number of halogens is 3. The van der Waals surface area contributed by atoms with Gasteiger partial charge in [0.25, 0.3) is 0 Å². The number of methoxy groups -OCH3 is 1. The summed E-state index contributed by atoms with van der Waals surface area (Å²) in [6, 6.07) is 5.02. The average Bonchev–Trinajstić information content (AvgIpc) is 3.50. The number of rotatable bonds is 6. The van der Waals surface area contributed by atoms with Gasteiger partial charge >= 0.3 is 12.5 Å². The third-order valence-corrected chi connectivity index (χ3v) is 6.32. The number of carbonyl (C=O) groups is 2. The van der Waals surface area contributed by atoms with Gasteiger partial charge in [-0.05, 0) is 49.3 Å². The molecule has 0 aromatic heterocycles. The lowest BCUT2D eigenvalue weighted by Gasteiger charge is -2.34. The number of aryl methyl sites for hydroxylation is 1. The van der Waals surface area contributed by atoms with Crippen molar-refractivity contribution in [2.45, 2.75) is 58.7 Å². The number of likely N-dealkylation sites (tertiary alicyclic amines) is 1. The van der Waals surface area contributed by atoms with Crippen LogP contribution in [-0.2, 0) is 14.9 Å². The second kappa shape index (κ2) is 10.4. The van der Waals surface area contributed by atoms with Crippen molar-refractivity contribution in [1.82, 2.24) is 10.2 Å². The van der Waals surface area contributed by atoms with E-state index in [0.717, 1.165) is 12.0 Å². The first-order valence-electron chi connectivity index (χ1n) is 11.1. The van der Waals surface area contributed by atoms with E-state index in [1.807, 2.05) is 31.7 Å². The molecule has 1 N–H and O–H groups in total. The number of hydrogen-bond donors (Lipinski definition) is 1. The summed E-state index contributed by atoms with van der Waals surface area (Å²) >= 11 is 0. The Labute approximate surface area is 187 Å². The van der Waals surface area contributed by atoms with Gasteiger partial charge in [-0.1, -0.05) is 32.9 Å². The fourth-order valence-electron chi connectivity index (χ4n) is 4.40. The molecular weight excluding hydrogens is 425 g/mol. The zero-order chi connectivity index (χ0) is 24.1. The largest absolute Gasteiger partial charge is 0.573 e. The number of nitrogens with zero attached hydrogens (tertiary/aromatic N) is 1. The van der Waals surface area contributed by atoms with E-state index in [-0.39, 0.29) is 35.5 Å². The number of ether oxygens (including phenoxy) is 2. The molecule has 2 fully saturated rings. The maximum Gasteiger partial charge on any atom is 0.573 e. The number of piperidine rings is 1. The first-order valence-corrected chi connectivity index (χ1v) is 11.1. The second-order valence-electron chi connectivity index (χ2n) is 8.10. The van der Waals surface area contributed by atoms with Crippen LogP contribution < -0.4 is 10.1 Å². The van der Waals surface area contributed by atoms with Crippen molar-refractivity contribution in [3.05, 3.63) is 29.3 Å². The summed E-state index contributed by atoms with van der Waals surface area (Å²) in [5.41, 5.74) is 1.07. The van der Waals surface area contributed by atoms with Gasteiger partial charge in [0, 0.05) is 25.0 Å². The lowest BCUT2D eigenvalue weighted by atomic mass is 9.86. The standard InChI is InChI=1S/C21H27F3N2O4.C2H6/c1-4-14(11-25-19(28)29-3)18(27)26-8-7-20(10-16(20)12-26)15-6-5-13(2)17(9-15)30-21(22,23)24;1-2/h5-6,9,14,16H,4,7-8,10-12H2,1-3H3,(H,25,28);1-2H3. The van der Waals surface area contributed by atoms with Gasteiger partial charge in [0.15, 0.2) is 0 Å². The Kier molecular flexibility index (Phi) is 8.42. The zero-order valence-electron chi connectivity index (χ0n) is 19.3. The van der Waals surface area contributed by atoms with Crippen molar-refractivity contribution in [3.8, 4) is 5.75 Å². The third kappa shape index (κ3) is 5.86. The minimum atomic E-state index is -4.73. The summed E-state index contributed by atoms with van der Waals surface area (Å²) in [6.45, 7) is 8.79. The number of hydrogen-bond acceptors (Lipinski definition) is 4. The summed E-state index contributed by atoms with van der Waals surface area (Å²) in [4.78, 5) is 26.0. The van der Waals surface area contributed by atoms with Crippen LogP contribution in [0.1, 0.15) is 51.2 Å². The molecule has 2 amide bonds. The smallest absolute Gasteiger partial charge is 0.453 e. The van der Waals surface area contributed by atoms with Crippen LogP contribution >= 0.6 is 0 Å². The number of fused-ring (bicyclic) bond motifs is 1. The van der Waals surface area contributed by atoms with Gasteiger partial charge in [0.1, 0.15) is 5.75 Å². The number of benzene rings is 1. The molecule has 1 saturated heterocycles. The van der Waals surface area contributed by atoms with E-state index in [9.17, 15) is 22.8 Å². The Morgan fingerprint density at radius 2 is 2.00 bits per heavy atom. The predicted octanol–water partition coefficient (Wildman–Crippen LogP) is 4.79. The van der Waals surface area contributed by atoms with Crippen LogP contribution in [0.25, 0.3) is 0 Å². The Bertz CT molecular complexity index is 815. The Morgan fingerprint density at radius 3 is 2.56 bits per heavy atom. The lowest BCUT2D eigenvalue weighted by Crippen LogP contribution is -2.46. The van der Waals surface area contributed by atoms with Crippen LogP contribution in [0.5, 0.6) is 5.75 Å². The molecule has 1 heterocycles. The molecule has 1 saturated carbocycles. The van der Waals surface area contributed by atoms with E-state index in [0.29, 0.717) is 31.5 Å². The highest BCUT2D eigenvalue weighted by Crippen LogP contribution is 2.59. The molecule has 0 bridgehead atoms. The molecule has 0 radical (unpaired) electrons. The molecule has 180 valence electrons. The van der Waals surface area contributed by atoms with Gasteiger partial charge in [0.05, 0.1) is 13.0 Å². The Morgan fingerprint density at radius 1 is 1.31 bits per heavy atom. The molecule has 3 unspecified atom stereocenters. The van der Waals surface area contributed by atoms with Crippen molar-refractivity contribution in [2.24, 2.45) is 11.8 Å². The van der Waals surface area contributed by atoms with Gasteiger partial charge in [-0.25, -0.2) is 4.79 Å². The molecular formula is C23H33F3N2O4. The Balaban J connectivity index is 0.00000176. The van der Waals surface area contributed by atoms with Crippen LogP contribution in [0, 0.1) is 18.8 Å². The van der Waals surface area contributed by atoms with Crippen LogP contribution in [0.3, 0.4) is 0 Å². The van der Waals surface area contributed by atoms with Crippen LogP contribution in [-0.4, -0.2) is 50.0 Å². The average molecular weight is 459 g/mol. The van der Waals surface area contributed by atoms with Gasteiger partial charge in [-0.3, -0.25) is 4.79 Å². The number of carbonyl (C=O) groups excluding carboxylic acids is 2. The van der Waals surface area contributed by atoms with Crippen molar-refractivity contribution >= 4 is 12.0 Å². The van der Waals surface area contributed by atoms with Crippen LogP contribution in [0.15, 0.2) is 18.2 Å². The minimum absolute atomic E-state index is 0.0144. The summed E-state index contributed by atoms with van der Waals surface area (Å²) in [5.74, 6) is -0.304. The topological polar surface area (TPSA) is 67.9 Å². The highest BCUT2D eigenvalue weighted by atomic mass is 19.4. The van der Waals surface area contributed by atoms with E-state index < -0.39 is 12.5 Å². The lowest BCUT2D eigenvalue weighted by molar-refractivity contribution is -0.274. The summed E-state index contributed by atoms with van der Waals surface area (Å²) < 4.78 is 46.8. The number of amides is 2. The molecule has 9 heteroatoms. The molecule has 32 heavy (non-hydrogen) atoms. The molecule has 6 nitrogen and oxygen atoms in total. The minimum Gasteiger partial charge on any atom is -0.453 e. The molecule has 1 aliphatic carbocycles. The maximum absolute atomic E-state index is 12.9. The quantitative estimate of drug-likeness (QED) is 0.666. The van der Waals surface area contributed by atoms with Crippen molar-refractivity contribution in [2.75, 3.05) is 26.7 Å². The zero-order valence-corrected chi connectivity index (χ0v) is 19.3. The molecule has 1 aromatic carbocycles. The molecule has 2 aliphatic rings. The van der Waals surface area contributed by atoms with Crippen LogP contribution in [0.4, 0.5) is 18.0 Å². The van der Waals surface area contributed by atoms with Gasteiger partial charge < -0.3 is 19.7 Å². The Hall–Kier alpha value is -2.45. The van der Waals surface area contributed by atoms with E-state index in [1.165, 1.54) is 13.2 Å². The summed E-state index contributed by atoms with van der Waals surface area (Å²) in [6.07, 6.45) is -3.18. The first-order chi connectivity index (χ1) is 15.1. The van der Waals surface area contributed by atoms with Crippen molar-refractivity contribution < 1.29 is 32.2 Å². The van der Waals surface area contributed by atoms with Crippen molar-refractivity contribution in [3.63, 3.8) is 0 Å².